The Morgan fingerprint density at radius 3 is 1.69 bits per heavy atom. The Kier molecular flexibility index (Phi) is 15.6. The third kappa shape index (κ3) is 14.3. The Balaban J connectivity index is 1.69. The molecule has 1 saturated carbocycles. The monoisotopic (exact) mass is 373 g/mol. The quantitative estimate of drug-likeness (QED) is 0.169. The first-order valence-electron chi connectivity index (χ1n) is 9.72. The van der Waals surface area contributed by atoms with Crippen molar-refractivity contribution in [3.8, 4) is 0 Å². The van der Waals surface area contributed by atoms with E-state index in [-0.39, 0.29) is 0 Å². The highest BCUT2D eigenvalue weighted by Gasteiger charge is 2.17. The number of hydrogen-bond donors (Lipinski definition) is 0. The fourth-order valence-corrected chi connectivity index (χ4v) is 2.78. The minimum atomic E-state index is 0.352. The van der Waals surface area contributed by atoms with Crippen molar-refractivity contribution >= 4 is 0 Å². The van der Waals surface area contributed by atoms with E-state index in [0.29, 0.717) is 66.0 Å². The van der Waals surface area contributed by atoms with Gasteiger partial charge in [0.05, 0.1) is 59.5 Å². The molecular weight excluding hydrogens is 338 g/mol. The Morgan fingerprint density at radius 1 is 0.731 bits per heavy atom. The molecule has 1 aliphatic rings. The van der Waals surface area contributed by atoms with Crippen LogP contribution in [0.25, 0.3) is 10.4 Å². The molecule has 0 N–H and O–H groups in total. The normalized spacial score (nSPS) is 20.0. The van der Waals surface area contributed by atoms with Crippen LogP contribution < -0.4 is 0 Å². The maximum Gasteiger partial charge on any atom is 0.0701 e. The van der Waals surface area contributed by atoms with Crippen LogP contribution in [0, 0.1) is 11.8 Å². The van der Waals surface area contributed by atoms with Gasteiger partial charge in [0.1, 0.15) is 0 Å². The van der Waals surface area contributed by atoms with Gasteiger partial charge in [0.25, 0.3) is 0 Å². The fraction of sp³-hybridized carbons (Fsp3) is 1.00. The summed E-state index contributed by atoms with van der Waals surface area (Å²) in [5, 5.41) is 3.37. The summed E-state index contributed by atoms with van der Waals surface area (Å²) in [6.45, 7) is 8.47. The summed E-state index contributed by atoms with van der Waals surface area (Å²) in [7, 11) is 0. The predicted molar refractivity (Wildman–Crippen MR) is 99.2 cm³/mol. The van der Waals surface area contributed by atoms with E-state index >= 15 is 0 Å². The minimum Gasteiger partial charge on any atom is -0.379 e. The Bertz CT molecular complexity index is 359. The van der Waals surface area contributed by atoms with Gasteiger partial charge in [-0.3, -0.25) is 0 Å². The van der Waals surface area contributed by atoms with Crippen molar-refractivity contribution in [3.05, 3.63) is 10.4 Å². The van der Waals surface area contributed by atoms with Gasteiger partial charge < -0.3 is 23.7 Å². The summed E-state index contributed by atoms with van der Waals surface area (Å²) in [6, 6.07) is 0. The lowest BCUT2D eigenvalue weighted by Gasteiger charge is -2.25. The van der Waals surface area contributed by atoms with Gasteiger partial charge in [-0.25, -0.2) is 0 Å². The molecule has 8 nitrogen and oxygen atoms in total. The standard InChI is InChI=1S/C18H35N3O5/c1-17-2-4-18(5-3-17)16-26-15-14-25-13-12-24-11-10-23-9-8-22-7-6-20-21-19/h17-18H,2-16H2,1H3. The number of rotatable bonds is 17. The molecular formula is C18H35N3O5. The van der Waals surface area contributed by atoms with Crippen molar-refractivity contribution < 1.29 is 23.7 Å². The molecule has 1 aliphatic carbocycles. The third-order valence-electron chi connectivity index (χ3n) is 4.38. The molecule has 0 heterocycles. The van der Waals surface area contributed by atoms with E-state index in [1.165, 1.54) is 25.7 Å². The molecule has 1 fully saturated rings. The summed E-state index contributed by atoms with van der Waals surface area (Å²) in [6.07, 6.45) is 5.30. The Morgan fingerprint density at radius 2 is 1.19 bits per heavy atom. The third-order valence-corrected chi connectivity index (χ3v) is 4.38. The number of azide groups is 1. The van der Waals surface area contributed by atoms with Crippen LogP contribution in [-0.2, 0) is 23.7 Å². The van der Waals surface area contributed by atoms with E-state index in [1.54, 1.807) is 0 Å². The largest absolute Gasteiger partial charge is 0.379 e. The van der Waals surface area contributed by atoms with Crippen LogP contribution in [-0.4, -0.2) is 72.6 Å². The number of hydrogen-bond acceptors (Lipinski definition) is 6. The molecule has 0 aromatic heterocycles. The first kappa shape index (κ1) is 23.1. The zero-order valence-corrected chi connectivity index (χ0v) is 16.1. The van der Waals surface area contributed by atoms with E-state index in [1.807, 2.05) is 0 Å². The maximum absolute atomic E-state index is 8.09. The fourth-order valence-electron chi connectivity index (χ4n) is 2.78. The molecule has 0 aromatic carbocycles. The smallest absolute Gasteiger partial charge is 0.0701 e. The van der Waals surface area contributed by atoms with E-state index in [2.05, 4.69) is 16.9 Å². The molecule has 0 spiro atoms. The molecule has 26 heavy (non-hydrogen) atoms. The topological polar surface area (TPSA) is 94.9 Å². The molecule has 8 heteroatoms. The minimum absolute atomic E-state index is 0.352. The first-order valence-corrected chi connectivity index (χ1v) is 9.72. The molecule has 0 aromatic rings. The van der Waals surface area contributed by atoms with Gasteiger partial charge in [0.15, 0.2) is 0 Å². The molecule has 152 valence electrons. The lowest BCUT2D eigenvalue weighted by atomic mass is 9.83. The number of nitrogens with zero attached hydrogens (tertiary/aromatic N) is 3. The van der Waals surface area contributed by atoms with Crippen LogP contribution >= 0.6 is 0 Å². The summed E-state index contributed by atoms with van der Waals surface area (Å²) in [4.78, 5) is 2.64. The van der Waals surface area contributed by atoms with Gasteiger partial charge in [-0.15, -0.1) is 0 Å². The second-order valence-corrected chi connectivity index (χ2v) is 6.60. The maximum atomic E-state index is 8.09. The molecule has 0 aliphatic heterocycles. The second-order valence-electron chi connectivity index (χ2n) is 6.60. The molecule has 0 unspecified atom stereocenters. The van der Waals surface area contributed by atoms with Gasteiger partial charge in [-0.05, 0) is 30.2 Å². The Labute approximate surface area is 157 Å². The van der Waals surface area contributed by atoms with E-state index in [0.717, 1.165) is 18.4 Å². The highest BCUT2D eigenvalue weighted by atomic mass is 16.6. The van der Waals surface area contributed by atoms with Crippen molar-refractivity contribution in [3.63, 3.8) is 0 Å². The first-order chi connectivity index (χ1) is 12.8. The highest BCUT2D eigenvalue weighted by molar-refractivity contribution is 4.69. The second kappa shape index (κ2) is 17.5. The van der Waals surface area contributed by atoms with Crippen molar-refractivity contribution in [2.24, 2.45) is 17.0 Å². The number of ether oxygens (including phenoxy) is 5. The van der Waals surface area contributed by atoms with Crippen LogP contribution in [0.15, 0.2) is 5.11 Å². The van der Waals surface area contributed by atoms with Gasteiger partial charge >= 0.3 is 0 Å². The van der Waals surface area contributed by atoms with Crippen LogP contribution in [0.2, 0.25) is 0 Å². The van der Waals surface area contributed by atoms with Crippen LogP contribution in [0.4, 0.5) is 0 Å². The van der Waals surface area contributed by atoms with Gasteiger partial charge in [-0.1, -0.05) is 24.9 Å². The molecule has 0 amide bonds. The summed E-state index contributed by atoms with van der Waals surface area (Å²) in [5.74, 6) is 1.63. The van der Waals surface area contributed by atoms with Crippen molar-refractivity contribution in [2.45, 2.75) is 32.6 Å². The highest BCUT2D eigenvalue weighted by Crippen LogP contribution is 2.28. The SMILES string of the molecule is CC1CCC(COCCOCCOCCOCCOCCN=[N+]=[N-])CC1. The van der Waals surface area contributed by atoms with Gasteiger partial charge in [0, 0.05) is 18.1 Å². The van der Waals surface area contributed by atoms with Crippen molar-refractivity contribution in [2.75, 3.05) is 72.6 Å². The molecule has 0 bridgehead atoms. The van der Waals surface area contributed by atoms with Crippen molar-refractivity contribution in [1.29, 1.82) is 0 Å². The van der Waals surface area contributed by atoms with E-state index in [9.17, 15) is 0 Å². The van der Waals surface area contributed by atoms with Crippen LogP contribution in [0.1, 0.15) is 32.6 Å². The lowest BCUT2D eigenvalue weighted by molar-refractivity contribution is -0.0146. The zero-order valence-electron chi connectivity index (χ0n) is 16.1. The summed E-state index contributed by atoms with van der Waals surface area (Å²) >= 11 is 0. The molecule has 1 rings (SSSR count). The average molecular weight is 373 g/mol. The predicted octanol–water partition coefficient (Wildman–Crippen LogP) is 3.21. The van der Waals surface area contributed by atoms with Crippen LogP contribution in [0.3, 0.4) is 0 Å². The lowest BCUT2D eigenvalue weighted by Crippen LogP contribution is -2.19. The summed E-state index contributed by atoms with van der Waals surface area (Å²) < 4.78 is 27.2. The molecule has 0 saturated heterocycles. The van der Waals surface area contributed by atoms with E-state index in [4.69, 9.17) is 29.2 Å². The summed E-state index contributed by atoms with van der Waals surface area (Å²) in [5.41, 5.74) is 8.09. The molecule has 0 radical (unpaired) electrons. The molecule has 0 atom stereocenters. The zero-order chi connectivity index (χ0) is 18.7. The van der Waals surface area contributed by atoms with Crippen LogP contribution in [0.5, 0.6) is 0 Å². The van der Waals surface area contributed by atoms with E-state index < -0.39 is 0 Å². The Hall–Kier alpha value is -0.890. The van der Waals surface area contributed by atoms with Gasteiger partial charge in [0.2, 0.25) is 0 Å². The van der Waals surface area contributed by atoms with Gasteiger partial charge in [-0.2, -0.15) is 0 Å². The van der Waals surface area contributed by atoms with Crippen molar-refractivity contribution in [1.82, 2.24) is 0 Å². The average Bonchev–Trinajstić information content (AvgIpc) is 2.66.